The highest BCUT2D eigenvalue weighted by molar-refractivity contribution is 8.09. The zero-order valence-corrected chi connectivity index (χ0v) is 24.6. The van der Waals surface area contributed by atoms with Crippen molar-refractivity contribution < 1.29 is 9.59 Å². The van der Waals surface area contributed by atoms with E-state index in [9.17, 15) is 9.59 Å². The molecule has 0 fully saturated rings. The second kappa shape index (κ2) is 13.8. The summed E-state index contributed by atoms with van der Waals surface area (Å²) in [6.45, 7) is 3.06. The lowest BCUT2D eigenvalue weighted by Gasteiger charge is -2.22. The lowest BCUT2D eigenvalue weighted by Crippen LogP contribution is -2.20. The number of carbonyl (C=O) groups excluding carboxylic acids is 2. The second-order valence-electron chi connectivity index (χ2n) is 9.90. The molecule has 0 radical (unpaired) electrons. The minimum Gasteiger partial charge on any atom is -0.393 e. The van der Waals surface area contributed by atoms with Gasteiger partial charge in [-0.25, -0.2) is 0 Å². The Morgan fingerprint density at radius 1 is 0.974 bits per heavy atom. The molecule has 0 atom stereocenters. The van der Waals surface area contributed by atoms with Crippen molar-refractivity contribution in [3.8, 4) is 0 Å². The van der Waals surface area contributed by atoms with Crippen LogP contribution in [0.25, 0.3) is 10.8 Å². The number of nitrogens with zero attached hydrogens (tertiary/aromatic N) is 2. The first-order chi connectivity index (χ1) is 18.9. The first kappa shape index (κ1) is 28.8. The van der Waals surface area contributed by atoms with Crippen LogP contribution in [0.5, 0.6) is 0 Å². The number of thioether (sulfide) groups is 2. The predicted molar refractivity (Wildman–Crippen MR) is 169 cm³/mol. The third-order valence-corrected chi connectivity index (χ3v) is 9.08. The lowest BCUT2D eigenvalue weighted by molar-refractivity contribution is -0.104. The molecule has 1 aliphatic heterocycles. The standard InChI is InChI=1S/C32H37N3O2S2/c1-4-5-6-7-8-11-20-35-27-19-16-23-12-9-10-13-26(23)31(27)39-32(35)29(22-36)38-30(33)21-28(37)24-14-17-25(18-15-24)34(2)3/h9-10,12-19,21-22H,4-8,11,20,33H2,1-3H3/b30-21-,32-29+. The molecule has 0 aromatic heterocycles. The Hall–Kier alpha value is -3.16. The van der Waals surface area contributed by atoms with Crippen LogP contribution in [0.1, 0.15) is 55.8 Å². The summed E-state index contributed by atoms with van der Waals surface area (Å²) < 4.78 is 0. The molecule has 3 aromatic carbocycles. The minimum atomic E-state index is -0.183. The number of anilines is 2. The third kappa shape index (κ3) is 7.08. The van der Waals surface area contributed by atoms with E-state index in [-0.39, 0.29) is 5.78 Å². The summed E-state index contributed by atoms with van der Waals surface area (Å²) in [6.07, 6.45) is 9.48. The summed E-state index contributed by atoms with van der Waals surface area (Å²) >= 11 is 2.78. The molecule has 0 saturated carbocycles. The van der Waals surface area contributed by atoms with Crippen LogP contribution in [-0.2, 0) is 4.79 Å². The van der Waals surface area contributed by atoms with E-state index in [2.05, 4.69) is 42.2 Å². The summed E-state index contributed by atoms with van der Waals surface area (Å²) in [4.78, 5) is 31.2. The van der Waals surface area contributed by atoms with E-state index in [1.54, 1.807) is 23.9 Å². The molecule has 4 rings (SSSR count). The Bertz CT molecular complexity index is 1380. The van der Waals surface area contributed by atoms with Crippen LogP contribution >= 0.6 is 23.5 Å². The third-order valence-electron chi connectivity index (χ3n) is 6.82. The summed E-state index contributed by atoms with van der Waals surface area (Å²) in [5, 5.41) is 3.54. The molecule has 5 nitrogen and oxygen atoms in total. The summed E-state index contributed by atoms with van der Waals surface area (Å²) in [5.74, 6) is -0.183. The normalized spacial score (nSPS) is 14.4. The highest BCUT2D eigenvalue weighted by Crippen LogP contribution is 2.51. The van der Waals surface area contributed by atoms with Crippen molar-refractivity contribution in [1.82, 2.24) is 0 Å². The molecule has 0 bridgehead atoms. The average molecular weight is 560 g/mol. The maximum Gasteiger partial charge on any atom is 0.188 e. The number of allylic oxidation sites excluding steroid dienone is 2. The fourth-order valence-electron chi connectivity index (χ4n) is 4.68. The van der Waals surface area contributed by atoms with Crippen molar-refractivity contribution in [2.75, 3.05) is 30.4 Å². The molecule has 0 unspecified atom stereocenters. The van der Waals surface area contributed by atoms with Gasteiger partial charge in [-0.05, 0) is 47.5 Å². The molecule has 0 aliphatic carbocycles. The van der Waals surface area contributed by atoms with Crippen molar-refractivity contribution >= 4 is 57.7 Å². The molecule has 1 aliphatic rings. The Morgan fingerprint density at radius 3 is 2.41 bits per heavy atom. The number of hydrogen-bond acceptors (Lipinski definition) is 7. The summed E-state index contributed by atoms with van der Waals surface area (Å²) in [7, 11) is 3.91. The minimum absolute atomic E-state index is 0.183. The smallest absolute Gasteiger partial charge is 0.188 e. The van der Waals surface area contributed by atoms with Crippen LogP contribution < -0.4 is 15.5 Å². The van der Waals surface area contributed by atoms with Gasteiger partial charge >= 0.3 is 0 Å². The number of fused-ring (bicyclic) bond motifs is 3. The molecule has 0 amide bonds. The van der Waals surface area contributed by atoms with Crippen LogP contribution in [0.2, 0.25) is 0 Å². The molecule has 39 heavy (non-hydrogen) atoms. The maximum atomic E-state index is 12.9. The Labute approximate surface area is 240 Å². The van der Waals surface area contributed by atoms with E-state index in [4.69, 9.17) is 5.73 Å². The number of ketones is 1. The van der Waals surface area contributed by atoms with Crippen molar-refractivity contribution in [1.29, 1.82) is 0 Å². The van der Waals surface area contributed by atoms with E-state index in [1.807, 2.05) is 37.2 Å². The number of benzene rings is 3. The van der Waals surface area contributed by atoms with Gasteiger partial charge in [0, 0.05) is 42.9 Å². The van der Waals surface area contributed by atoms with Gasteiger partial charge in [0.1, 0.15) is 0 Å². The first-order valence-corrected chi connectivity index (χ1v) is 15.2. The summed E-state index contributed by atoms with van der Waals surface area (Å²) in [5.41, 5.74) is 9.02. The van der Waals surface area contributed by atoms with Gasteiger partial charge in [-0.3, -0.25) is 9.59 Å². The largest absolute Gasteiger partial charge is 0.393 e. The highest BCUT2D eigenvalue weighted by atomic mass is 32.2. The Kier molecular flexibility index (Phi) is 10.2. The number of nitrogens with two attached hydrogens (primary N) is 1. The van der Waals surface area contributed by atoms with Gasteiger partial charge in [0.15, 0.2) is 12.1 Å². The van der Waals surface area contributed by atoms with Crippen molar-refractivity contribution in [3.63, 3.8) is 0 Å². The highest BCUT2D eigenvalue weighted by Gasteiger charge is 2.29. The topological polar surface area (TPSA) is 66.6 Å². The number of aldehydes is 1. The van der Waals surface area contributed by atoms with Gasteiger partial charge in [0.05, 0.1) is 20.7 Å². The Balaban J connectivity index is 1.59. The van der Waals surface area contributed by atoms with E-state index in [0.717, 1.165) is 58.7 Å². The molecule has 204 valence electrons. The molecule has 7 heteroatoms. The number of unbranched alkanes of at least 4 members (excludes halogenated alkanes) is 5. The van der Waals surface area contributed by atoms with E-state index in [0.29, 0.717) is 15.5 Å². The predicted octanol–water partition coefficient (Wildman–Crippen LogP) is 7.96. The number of rotatable bonds is 13. The van der Waals surface area contributed by atoms with Gasteiger partial charge in [0.25, 0.3) is 0 Å². The molecule has 0 saturated heterocycles. The van der Waals surface area contributed by atoms with Crippen LogP contribution in [0.15, 0.2) is 86.6 Å². The molecular formula is C32H37N3O2S2. The van der Waals surface area contributed by atoms with Crippen LogP contribution in [0, 0.1) is 0 Å². The number of carbonyl (C=O) groups is 2. The molecular weight excluding hydrogens is 523 g/mol. The molecule has 0 spiro atoms. The number of hydrogen-bond donors (Lipinski definition) is 1. The van der Waals surface area contributed by atoms with Crippen molar-refractivity contribution in [2.45, 2.75) is 50.3 Å². The van der Waals surface area contributed by atoms with Gasteiger partial charge in [-0.2, -0.15) is 0 Å². The van der Waals surface area contributed by atoms with E-state index >= 15 is 0 Å². The van der Waals surface area contributed by atoms with E-state index < -0.39 is 0 Å². The first-order valence-electron chi connectivity index (χ1n) is 13.6. The van der Waals surface area contributed by atoms with Gasteiger partial charge in [-0.1, -0.05) is 92.9 Å². The molecule has 1 heterocycles. The van der Waals surface area contributed by atoms with Crippen molar-refractivity contribution in [3.05, 3.63) is 87.3 Å². The monoisotopic (exact) mass is 559 g/mol. The quantitative estimate of drug-likeness (QED) is 0.0986. The fraction of sp³-hybridized carbons (Fsp3) is 0.312. The lowest BCUT2D eigenvalue weighted by atomic mass is 10.1. The van der Waals surface area contributed by atoms with Crippen LogP contribution in [-0.4, -0.2) is 32.7 Å². The molecule has 2 N–H and O–H groups in total. The SMILES string of the molecule is CCCCCCCCN1/C(=C(/C=O)S/C(N)=C\C(=O)c2ccc(N(C)C)cc2)Sc2c1ccc1ccccc21. The summed E-state index contributed by atoms with van der Waals surface area (Å²) in [6, 6.07) is 20.0. The van der Waals surface area contributed by atoms with Gasteiger partial charge in [0.2, 0.25) is 0 Å². The van der Waals surface area contributed by atoms with Gasteiger partial charge < -0.3 is 15.5 Å². The maximum absolute atomic E-state index is 12.9. The van der Waals surface area contributed by atoms with Crippen LogP contribution in [0.3, 0.4) is 0 Å². The average Bonchev–Trinajstić information content (AvgIpc) is 3.32. The second-order valence-corrected chi connectivity index (χ2v) is 12.0. The van der Waals surface area contributed by atoms with E-state index in [1.165, 1.54) is 42.5 Å². The van der Waals surface area contributed by atoms with Crippen LogP contribution in [0.4, 0.5) is 11.4 Å². The zero-order valence-electron chi connectivity index (χ0n) is 23.0. The van der Waals surface area contributed by atoms with Crippen molar-refractivity contribution in [2.24, 2.45) is 5.73 Å². The zero-order chi connectivity index (χ0) is 27.8. The molecule has 3 aromatic rings. The van der Waals surface area contributed by atoms with Gasteiger partial charge in [-0.15, -0.1) is 0 Å². The fourth-order valence-corrected chi connectivity index (χ4v) is 6.82. The Morgan fingerprint density at radius 2 is 1.69 bits per heavy atom.